The zero-order valence-electron chi connectivity index (χ0n) is 18.1. The van der Waals surface area contributed by atoms with Crippen molar-refractivity contribution in [3.05, 3.63) is 0 Å². The summed E-state index contributed by atoms with van der Waals surface area (Å²) < 4.78 is 29.2. The molecule has 0 aromatic carbocycles. The molecule has 3 aliphatic rings. The predicted octanol–water partition coefficient (Wildman–Crippen LogP) is 3.49. The lowest BCUT2D eigenvalue weighted by Gasteiger charge is -2.47. The third kappa shape index (κ3) is 5.71. The van der Waals surface area contributed by atoms with Crippen LogP contribution in [0.25, 0.3) is 0 Å². The lowest BCUT2D eigenvalue weighted by molar-refractivity contribution is 0.0713. The third-order valence-electron chi connectivity index (χ3n) is 7.83. The van der Waals surface area contributed by atoms with E-state index in [9.17, 15) is 8.42 Å². The van der Waals surface area contributed by atoms with E-state index in [1.165, 1.54) is 44.9 Å². The molecular formula is C22H43N3O2S. The number of hydrogen-bond acceptors (Lipinski definition) is 4. The molecule has 3 aliphatic carbocycles. The van der Waals surface area contributed by atoms with Gasteiger partial charge >= 0.3 is 0 Å². The van der Waals surface area contributed by atoms with Crippen molar-refractivity contribution in [2.75, 3.05) is 20.6 Å². The van der Waals surface area contributed by atoms with Crippen LogP contribution < -0.4 is 10.5 Å². The summed E-state index contributed by atoms with van der Waals surface area (Å²) >= 11 is 0. The van der Waals surface area contributed by atoms with Gasteiger partial charge in [-0.25, -0.2) is 13.1 Å². The van der Waals surface area contributed by atoms with Gasteiger partial charge in [-0.3, -0.25) is 0 Å². The van der Waals surface area contributed by atoms with Gasteiger partial charge in [-0.05, 0) is 70.4 Å². The van der Waals surface area contributed by atoms with Gasteiger partial charge in [0.25, 0.3) is 0 Å². The predicted molar refractivity (Wildman–Crippen MR) is 117 cm³/mol. The summed E-state index contributed by atoms with van der Waals surface area (Å²) in [6.07, 6.45) is 14.9. The first-order valence-electron chi connectivity index (χ1n) is 11.8. The maximum atomic E-state index is 13.1. The van der Waals surface area contributed by atoms with Crippen molar-refractivity contribution in [2.45, 2.75) is 101 Å². The molecule has 3 fully saturated rings. The molecule has 0 saturated heterocycles. The highest BCUT2D eigenvalue weighted by Crippen LogP contribution is 2.44. The molecule has 0 aliphatic heterocycles. The average molecular weight is 414 g/mol. The van der Waals surface area contributed by atoms with Crippen LogP contribution in [-0.2, 0) is 10.0 Å². The minimum absolute atomic E-state index is 0.123. The lowest BCUT2D eigenvalue weighted by Crippen LogP contribution is -2.51. The number of sulfonamides is 1. The molecule has 0 aromatic rings. The molecular weight excluding hydrogens is 370 g/mol. The van der Waals surface area contributed by atoms with E-state index >= 15 is 0 Å². The summed E-state index contributed by atoms with van der Waals surface area (Å²) in [5.41, 5.74) is 6.33. The Morgan fingerprint density at radius 3 is 2.32 bits per heavy atom. The molecule has 0 amide bonds. The van der Waals surface area contributed by atoms with Crippen LogP contribution in [0.5, 0.6) is 0 Å². The minimum Gasteiger partial charge on any atom is -0.328 e. The highest BCUT2D eigenvalue weighted by Gasteiger charge is 2.45. The summed E-state index contributed by atoms with van der Waals surface area (Å²) in [6, 6.07) is 0.665. The summed E-state index contributed by atoms with van der Waals surface area (Å²) in [5.74, 6) is 1.61. The minimum atomic E-state index is -3.26. The molecule has 0 spiro atoms. The van der Waals surface area contributed by atoms with Crippen LogP contribution >= 0.6 is 0 Å². The van der Waals surface area contributed by atoms with Gasteiger partial charge in [0.1, 0.15) is 0 Å². The van der Waals surface area contributed by atoms with Crippen molar-refractivity contribution >= 4 is 10.0 Å². The van der Waals surface area contributed by atoms with Crippen LogP contribution in [0, 0.1) is 17.8 Å². The van der Waals surface area contributed by atoms with Gasteiger partial charge < -0.3 is 10.6 Å². The van der Waals surface area contributed by atoms with Gasteiger partial charge in [-0.1, -0.05) is 44.9 Å². The van der Waals surface area contributed by atoms with Gasteiger partial charge in [0, 0.05) is 18.6 Å². The van der Waals surface area contributed by atoms with Gasteiger partial charge in [0.05, 0.1) is 5.25 Å². The zero-order valence-corrected chi connectivity index (χ0v) is 18.9. The standard InChI is InChI=1S/C22H43N3O2S/c1-25(2)21-12-6-11-20-19(21)10-7-13-22(20)28(26,27)24-15-14-18(23)16-17-8-4-3-5-9-17/h17-22,24H,3-16,23H2,1-2H3. The molecule has 164 valence electrons. The molecule has 5 nitrogen and oxygen atoms in total. The Morgan fingerprint density at radius 2 is 1.61 bits per heavy atom. The lowest BCUT2D eigenvalue weighted by atomic mass is 9.68. The van der Waals surface area contributed by atoms with E-state index in [4.69, 9.17) is 5.73 Å². The van der Waals surface area contributed by atoms with E-state index in [1.54, 1.807) is 0 Å². The van der Waals surface area contributed by atoms with Crippen LogP contribution in [0.1, 0.15) is 83.5 Å². The van der Waals surface area contributed by atoms with Crippen molar-refractivity contribution in [1.82, 2.24) is 9.62 Å². The van der Waals surface area contributed by atoms with E-state index in [0.29, 0.717) is 24.4 Å². The van der Waals surface area contributed by atoms with Gasteiger partial charge in [-0.2, -0.15) is 0 Å². The SMILES string of the molecule is CN(C)C1CCCC2C1CCCC2S(=O)(=O)NCCC(N)CC1CCCCC1. The van der Waals surface area contributed by atoms with Crippen LogP contribution in [0.3, 0.4) is 0 Å². The molecule has 0 aromatic heterocycles. The number of nitrogens with two attached hydrogens (primary N) is 1. The summed E-state index contributed by atoms with van der Waals surface area (Å²) in [6.45, 7) is 0.501. The summed E-state index contributed by atoms with van der Waals surface area (Å²) in [4.78, 5) is 2.32. The first-order valence-corrected chi connectivity index (χ1v) is 13.3. The Morgan fingerprint density at radius 1 is 0.929 bits per heavy atom. The second-order valence-electron chi connectivity index (χ2n) is 9.99. The smallest absolute Gasteiger partial charge is 0.214 e. The Labute approximate surface area is 173 Å². The van der Waals surface area contributed by atoms with Gasteiger partial charge in [0.2, 0.25) is 10.0 Å². The van der Waals surface area contributed by atoms with Crippen LogP contribution in [0.2, 0.25) is 0 Å². The topological polar surface area (TPSA) is 75.4 Å². The number of hydrogen-bond donors (Lipinski definition) is 2. The van der Waals surface area contributed by atoms with Crippen molar-refractivity contribution in [3.63, 3.8) is 0 Å². The Hall–Kier alpha value is -0.170. The zero-order chi connectivity index (χ0) is 20.1. The highest BCUT2D eigenvalue weighted by molar-refractivity contribution is 7.90. The second kappa shape index (κ2) is 10.2. The van der Waals surface area contributed by atoms with E-state index in [1.807, 2.05) is 0 Å². The average Bonchev–Trinajstić information content (AvgIpc) is 2.67. The fourth-order valence-corrected chi connectivity index (χ4v) is 8.29. The monoisotopic (exact) mass is 413 g/mol. The van der Waals surface area contributed by atoms with Crippen LogP contribution in [-0.4, -0.2) is 51.3 Å². The van der Waals surface area contributed by atoms with Crippen LogP contribution in [0.15, 0.2) is 0 Å². The number of rotatable bonds is 8. The van der Waals surface area contributed by atoms with Gasteiger partial charge in [-0.15, -0.1) is 0 Å². The van der Waals surface area contributed by atoms with Crippen molar-refractivity contribution < 1.29 is 8.42 Å². The fraction of sp³-hybridized carbons (Fsp3) is 1.00. The normalized spacial score (nSPS) is 33.6. The molecule has 5 unspecified atom stereocenters. The third-order valence-corrected chi connectivity index (χ3v) is 9.82. The van der Waals surface area contributed by atoms with Crippen LogP contribution in [0.4, 0.5) is 0 Å². The van der Waals surface area contributed by atoms with E-state index < -0.39 is 10.0 Å². The number of fused-ring (bicyclic) bond motifs is 1. The van der Waals surface area contributed by atoms with Crippen molar-refractivity contribution in [2.24, 2.45) is 23.5 Å². The molecule has 0 bridgehead atoms. The fourth-order valence-electron chi connectivity index (χ4n) is 6.40. The van der Waals surface area contributed by atoms with Gasteiger partial charge in [0.15, 0.2) is 0 Å². The number of nitrogens with one attached hydrogen (secondary N) is 1. The van der Waals surface area contributed by atoms with E-state index in [2.05, 4.69) is 23.7 Å². The molecule has 28 heavy (non-hydrogen) atoms. The molecule has 0 heterocycles. The molecule has 3 rings (SSSR count). The maximum Gasteiger partial charge on any atom is 0.214 e. The van der Waals surface area contributed by atoms with Crippen molar-refractivity contribution in [1.29, 1.82) is 0 Å². The first kappa shape index (κ1) is 22.5. The molecule has 6 heteroatoms. The number of nitrogens with zero attached hydrogens (tertiary/aromatic N) is 1. The quantitative estimate of drug-likeness (QED) is 0.639. The second-order valence-corrected chi connectivity index (χ2v) is 12.0. The molecule has 0 radical (unpaired) electrons. The van der Waals surface area contributed by atoms with E-state index in [0.717, 1.165) is 44.4 Å². The summed E-state index contributed by atoms with van der Waals surface area (Å²) in [7, 11) is 1.04. The van der Waals surface area contributed by atoms with E-state index in [-0.39, 0.29) is 11.3 Å². The molecule has 3 N–H and O–H groups in total. The molecule has 3 saturated carbocycles. The Balaban J connectivity index is 1.50. The maximum absolute atomic E-state index is 13.1. The van der Waals surface area contributed by atoms with Crippen molar-refractivity contribution in [3.8, 4) is 0 Å². The summed E-state index contributed by atoms with van der Waals surface area (Å²) in [5, 5.41) is -0.205. The largest absolute Gasteiger partial charge is 0.328 e. The first-order chi connectivity index (χ1) is 13.4. The Kier molecular flexibility index (Phi) is 8.23. The highest BCUT2D eigenvalue weighted by atomic mass is 32.2. The molecule has 5 atom stereocenters. The Bertz CT molecular complexity index is 574.